The molecule has 1 aliphatic heterocycles. The number of imidazole rings is 1. The Bertz CT molecular complexity index is 746. The molecule has 1 N–H and O–H groups in total. The lowest BCUT2D eigenvalue weighted by Gasteiger charge is -2.32. The first kappa shape index (κ1) is 15.4. The van der Waals surface area contributed by atoms with Crippen molar-refractivity contribution < 1.29 is 9.32 Å². The molecule has 3 heterocycles. The van der Waals surface area contributed by atoms with Gasteiger partial charge in [0.15, 0.2) is 5.82 Å². The van der Waals surface area contributed by atoms with Crippen molar-refractivity contribution in [3.63, 3.8) is 0 Å². The second-order valence-corrected chi connectivity index (χ2v) is 6.73. The zero-order chi connectivity index (χ0) is 16.7. The highest BCUT2D eigenvalue weighted by Crippen LogP contribution is 2.37. The number of aromatic nitrogens is 3. The number of hydrogen-bond donors (Lipinski definition) is 1. The first-order valence-electron chi connectivity index (χ1n) is 8.68. The maximum absolute atomic E-state index is 12.6. The highest BCUT2D eigenvalue weighted by atomic mass is 16.5. The van der Waals surface area contributed by atoms with Gasteiger partial charge in [0.1, 0.15) is 5.76 Å². The van der Waals surface area contributed by atoms with Crippen LogP contribution in [0, 0.1) is 6.92 Å². The number of anilines is 1. The lowest BCUT2D eigenvalue weighted by molar-refractivity contribution is -0.121. The van der Waals surface area contributed by atoms with E-state index >= 15 is 0 Å². The van der Waals surface area contributed by atoms with Gasteiger partial charge in [0.05, 0.1) is 18.1 Å². The molecule has 0 bridgehead atoms. The quantitative estimate of drug-likeness (QED) is 0.911. The zero-order valence-corrected chi connectivity index (χ0v) is 14.2. The number of rotatable bonds is 5. The molecule has 128 valence electrons. The summed E-state index contributed by atoms with van der Waals surface area (Å²) in [6.07, 6.45) is 6.22. The molecule has 0 radical (unpaired) electrons. The minimum absolute atomic E-state index is 0.0316. The minimum Gasteiger partial charge on any atom is -0.360 e. The second kappa shape index (κ2) is 6.05. The molecule has 1 amide bonds. The number of carbonyl (C=O) groups is 1. The Balaban J connectivity index is 1.46. The van der Waals surface area contributed by atoms with Gasteiger partial charge in [0.25, 0.3) is 0 Å². The van der Waals surface area contributed by atoms with Gasteiger partial charge in [-0.25, -0.2) is 4.98 Å². The molecule has 0 aromatic carbocycles. The average molecular weight is 329 g/mol. The number of nitrogens with one attached hydrogen (secondary N) is 1. The topological polar surface area (TPSA) is 76.2 Å². The summed E-state index contributed by atoms with van der Waals surface area (Å²) >= 11 is 0. The Morgan fingerprint density at radius 2 is 2.33 bits per heavy atom. The third-order valence-corrected chi connectivity index (χ3v) is 4.92. The monoisotopic (exact) mass is 329 g/mol. The van der Waals surface area contributed by atoms with E-state index < -0.39 is 0 Å². The van der Waals surface area contributed by atoms with Crippen LogP contribution in [-0.2, 0) is 17.8 Å². The smallest absolute Gasteiger partial charge is 0.242 e. The largest absolute Gasteiger partial charge is 0.360 e. The van der Waals surface area contributed by atoms with Gasteiger partial charge in [0, 0.05) is 37.3 Å². The van der Waals surface area contributed by atoms with E-state index in [1.54, 1.807) is 6.07 Å². The molecule has 0 saturated heterocycles. The Labute approximate surface area is 141 Å². The first-order chi connectivity index (χ1) is 11.7. The number of hydrogen-bond acceptors (Lipinski definition) is 5. The number of carbonyl (C=O) groups excluding carboxylic acids is 1. The molecule has 7 heteroatoms. The van der Waals surface area contributed by atoms with Crippen molar-refractivity contribution in [2.24, 2.45) is 0 Å². The van der Waals surface area contributed by atoms with Gasteiger partial charge in [-0.2, -0.15) is 0 Å². The van der Waals surface area contributed by atoms with E-state index in [1.165, 1.54) is 18.5 Å². The van der Waals surface area contributed by atoms with Gasteiger partial charge >= 0.3 is 0 Å². The van der Waals surface area contributed by atoms with Crippen molar-refractivity contribution in [3.8, 4) is 0 Å². The van der Waals surface area contributed by atoms with E-state index in [-0.39, 0.29) is 11.9 Å². The summed E-state index contributed by atoms with van der Waals surface area (Å²) in [5, 5.41) is 6.70. The molecule has 1 saturated carbocycles. The van der Waals surface area contributed by atoms with Crippen molar-refractivity contribution in [3.05, 3.63) is 29.5 Å². The fourth-order valence-corrected chi connectivity index (χ4v) is 3.53. The highest BCUT2D eigenvalue weighted by molar-refractivity contribution is 5.94. The lowest BCUT2D eigenvalue weighted by Crippen LogP contribution is -2.46. The molecule has 2 aromatic rings. The number of nitrogens with zero attached hydrogens (tertiary/aromatic N) is 4. The van der Waals surface area contributed by atoms with E-state index in [2.05, 4.69) is 24.9 Å². The van der Waals surface area contributed by atoms with Crippen LogP contribution in [0.25, 0.3) is 0 Å². The molecule has 1 fully saturated rings. The fourth-order valence-electron chi connectivity index (χ4n) is 3.53. The number of amides is 1. The fraction of sp³-hybridized carbons (Fsp3) is 0.588. The Morgan fingerprint density at radius 1 is 1.50 bits per heavy atom. The summed E-state index contributed by atoms with van der Waals surface area (Å²) in [7, 11) is 0. The van der Waals surface area contributed by atoms with Crippen LogP contribution in [-0.4, -0.2) is 38.1 Å². The van der Waals surface area contributed by atoms with Crippen LogP contribution in [0.1, 0.15) is 49.4 Å². The molecule has 0 spiro atoms. The molecule has 0 unspecified atom stereocenters. The standard InChI is InChI=1S/C17H23N5O2/c1-3-14(17(23)19-16-8-11(2)24-20-16)21-7-6-15-13(9-21)18-10-22(15)12-4-5-12/h8,10,12,14H,3-7,9H2,1-2H3,(H,19,20,23)/t14-/m1/s1. The SMILES string of the molecule is CC[C@H](C(=O)Nc1cc(C)on1)N1CCc2c(ncn2C2CC2)C1. The lowest BCUT2D eigenvalue weighted by atomic mass is 10.1. The summed E-state index contributed by atoms with van der Waals surface area (Å²) in [5.41, 5.74) is 2.48. The zero-order valence-electron chi connectivity index (χ0n) is 14.2. The van der Waals surface area contributed by atoms with E-state index in [1.807, 2.05) is 20.2 Å². The predicted molar refractivity (Wildman–Crippen MR) is 88.6 cm³/mol. The van der Waals surface area contributed by atoms with Crippen LogP contribution in [0.5, 0.6) is 0 Å². The molecule has 4 rings (SSSR count). The van der Waals surface area contributed by atoms with Crippen LogP contribution < -0.4 is 5.32 Å². The molecular formula is C17H23N5O2. The van der Waals surface area contributed by atoms with Crippen molar-refractivity contribution in [1.82, 2.24) is 19.6 Å². The van der Waals surface area contributed by atoms with Crippen LogP contribution in [0.15, 0.2) is 16.9 Å². The molecular weight excluding hydrogens is 306 g/mol. The second-order valence-electron chi connectivity index (χ2n) is 6.73. The van der Waals surface area contributed by atoms with Crippen LogP contribution in [0.3, 0.4) is 0 Å². The molecule has 2 aliphatic rings. The van der Waals surface area contributed by atoms with Gasteiger partial charge in [-0.3, -0.25) is 9.69 Å². The van der Waals surface area contributed by atoms with E-state index in [4.69, 9.17) is 4.52 Å². The summed E-state index contributed by atoms with van der Waals surface area (Å²) < 4.78 is 7.35. The molecule has 24 heavy (non-hydrogen) atoms. The minimum atomic E-state index is -0.179. The van der Waals surface area contributed by atoms with Gasteiger partial charge in [-0.15, -0.1) is 0 Å². The average Bonchev–Trinajstić information content (AvgIpc) is 3.20. The van der Waals surface area contributed by atoms with Gasteiger partial charge < -0.3 is 14.4 Å². The third kappa shape index (κ3) is 2.84. The van der Waals surface area contributed by atoms with Crippen molar-refractivity contribution >= 4 is 11.7 Å². The van der Waals surface area contributed by atoms with Gasteiger partial charge in [0.2, 0.25) is 5.91 Å². The van der Waals surface area contributed by atoms with Crippen LogP contribution in [0.4, 0.5) is 5.82 Å². The predicted octanol–water partition coefficient (Wildman–Crippen LogP) is 2.29. The van der Waals surface area contributed by atoms with Crippen molar-refractivity contribution in [2.75, 3.05) is 11.9 Å². The van der Waals surface area contributed by atoms with Crippen LogP contribution >= 0.6 is 0 Å². The maximum atomic E-state index is 12.6. The normalized spacial score (nSPS) is 19.1. The van der Waals surface area contributed by atoms with Crippen molar-refractivity contribution in [2.45, 2.75) is 58.2 Å². The first-order valence-corrected chi connectivity index (χ1v) is 8.68. The highest BCUT2D eigenvalue weighted by Gasteiger charge is 2.33. The van der Waals surface area contributed by atoms with E-state index in [0.29, 0.717) is 17.6 Å². The third-order valence-electron chi connectivity index (χ3n) is 4.92. The Hall–Kier alpha value is -2.15. The summed E-state index contributed by atoms with van der Waals surface area (Å²) in [6.45, 7) is 5.47. The number of aryl methyl sites for hydroxylation is 1. The Morgan fingerprint density at radius 3 is 3.00 bits per heavy atom. The van der Waals surface area contributed by atoms with Crippen molar-refractivity contribution in [1.29, 1.82) is 0 Å². The molecule has 7 nitrogen and oxygen atoms in total. The van der Waals surface area contributed by atoms with Gasteiger partial charge in [-0.1, -0.05) is 12.1 Å². The van der Waals surface area contributed by atoms with E-state index in [0.717, 1.165) is 31.6 Å². The Kier molecular flexibility index (Phi) is 3.88. The molecule has 1 atom stereocenters. The molecule has 2 aromatic heterocycles. The molecule has 1 aliphatic carbocycles. The summed E-state index contributed by atoms with van der Waals surface area (Å²) in [5.74, 6) is 1.13. The maximum Gasteiger partial charge on any atom is 0.242 e. The van der Waals surface area contributed by atoms with Crippen LogP contribution in [0.2, 0.25) is 0 Å². The van der Waals surface area contributed by atoms with Gasteiger partial charge in [-0.05, 0) is 26.2 Å². The van der Waals surface area contributed by atoms with E-state index in [9.17, 15) is 4.79 Å². The number of fused-ring (bicyclic) bond motifs is 1. The summed E-state index contributed by atoms with van der Waals surface area (Å²) in [6, 6.07) is 2.21. The summed E-state index contributed by atoms with van der Waals surface area (Å²) in [4.78, 5) is 19.4.